The molecule has 5 nitrogen and oxygen atoms in total. The zero-order valence-corrected chi connectivity index (χ0v) is 11.9. The molecule has 0 aliphatic carbocycles. The van der Waals surface area contributed by atoms with Crippen LogP contribution in [0.15, 0.2) is 23.0 Å². The second-order valence-corrected chi connectivity index (χ2v) is 5.15. The van der Waals surface area contributed by atoms with Gasteiger partial charge in [-0.25, -0.2) is 4.98 Å². The van der Waals surface area contributed by atoms with Crippen LogP contribution >= 0.6 is 0 Å². The van der Waals surface area contributed by atoms with E-state index in [4.69, 9.17) is 0 Å². The van der Waals surface area contributed by atoms with Crippen LogP contribution < -0.4 is 10.9 Å². The molecule has 1 amide bonds. The number of hydrogen-bond acceptors (Lipinski definition) is 3. The fourth-order valence-electron chi connectivity index (χ4n) is 2.32. The third kappa shape index (κ3) is 2.71. The van der Waals surface area contributed by atoms with Crippen LogP contribution in [0, 0.1) is 5.92 Å². The molecule has 0 saturated carbocycles. The SMILES string of the molecule is CCc1nc2cc(C(NC=O)C(C)C)ccc2[nH]c1=O. The van der Waals surface area contributed by atoms with Gasteiger partial charge in [0.15, 0.2) is 0 Å². The molecule has 0 spiro atoms. The van der Waals surface area contributed by atoms with Crippen LogP contribution in [-0.4, -0.2) is 16.4 Å². The summed E-state index contributed by atoms with van der Waals surface area (Å²) in [5.74, 6) is 0.269. The Bertz CT molecular complexity index is 676. The van der Waals surface area contributed by atoms with Crippen LogP contribution in [0.1, 0.15) is 38.1 Å². The summed E-state index contributed by atoms with van der Waals surface area (Å²) < 4.78 is 0. The number of amides is 1. The van der Waals surface area contributed by atoms with Gasteiger partial charge in [-0.05, 0) is 30.0 Å². The number of aromatic amines is 1. The summed E-state index contributed by atoms with van der Waals surface area (Å²) in [6, 6.07) is 5.61. The predicted molar refractivity (Wildman–Crippen MR) is 78.5 cm³/mol. The smallest absolute Gasteiger partial charge is 0.270 e. The van der Waals surface area contributed by atoms with Gasteiger partial charge < -0.3 is 10.3 Å². The highest BCUT2D eigenvalue weighted by Crippen LogP contribution is 2.23. The van der Waals surface area contributed by atoms with Crippen molar-refractivity contribution in [2.75, 3.05) is 0 Å². The number of fused-ring (bicyclic) bond motifs is 1. The van der Waals surface area contributed by atoms with Crippen molar-refractivity contribution < 1.29 is 4.79 Å². The van der Waals surface area contributed by atoms with Gasteiger partial charge in [0, 0.05) is 0 Å². The van der Waals surface area contributed by atoms with Gasteiger partial charge in [-0.2, -0.15) is 0 Å². The second-order valence-electron chi connectivity index (χ2n) is 5.15. The minimum Gasteiger partial charge on any atom is -0.352 e. The molecule has 0 radical (unpaired) electrons. The molecule has 2 aromatic rings. The quantitative estimate of drug-likeness (QED) is 0.817. The molecule has 1 heterocycles. The molecular formula is C15H19N3O2. The zero-order chi connectivity index (χ0) is 14.7. The van der Waals surface area contributed by atoms with Gasteiger partial charge in [-0.15, -0.1) is 0 Å². The van der Waals surface area contributed by atoms with Crippen LogP contribution in [0.2, 0.25) is 0 Å². The third-order valence-corrected chi connectivity index (χ3v) is 3.40. The van der Waals surface area contributed by atoms with Crippen LogP contribution in [-0.2, 0) is 11.2 Å². The number of hydrogen-bond donors (Lipinski definition) is 2. The van der Waals surface area contributed by atoms with E-state index in [1.165, 1.54) is 0 Å². The number of nitrogens with one attached hydrogen (secondary N) is 2. The first-order valence-corrected chi connectivity index (χ1v) is 6.79. The van der Waals surface area contributed by atoms with Crippen molar-refractivity contribution in [3.63, 3.8) is 0 Å². The first-order chi connectivity index (χ1) is 9.56. The Morgan fingerprint density at radius 3 is 2.75 bits per heavy atom. The first-order valence-electron chi connectivity index (χ1n) is 6.79. The van der Waals surface area contributed by atoms with E-state index in [1.807, 2.05) is 39.0 Å². The van der Waals surface area contributed by atoms with Gasteiger partial charge in [-0.3, -0.25) is 9.59 Å². The van der Waals surface area contributed by atoms with Crippen LogP contribution in [0.25, 0.3) is 11.0 Å². The summed E-state index contributed by atoms with van der Waals surface area (Å²) in [5, 5.41) is 2.82. The van der Waals surface area contributed by atoms with E-state index < -0.39 is 0 Å². The number of aromatic nitrogens is 2. The molecular weight excluding hydrogens is 254 g/mol. The van der Waals surface area contributed by atoms with E-state index in [0.29, 0.717) is 24.0 Å². The van der Waals surface area contributed by atoms with Crippen molar-refractivity contribution >= 4 is 17.4 Å². The fraction of sp³-hybridized carbons (Fsp3) is 0.400. The second kappa shape index (κ2) is 5.86. The molecule has 2 N–H and O–H groups in total. The maximum atomic E-state index is 11.7. The topological polar surface area (TPSA) is 74.8 Å². The van der Waals surface area contributed by atoms with Crippen LogP contribution in [0.5, 0.6) is 0 Å². The molecule has 0 saturated heterocycles. The number of aryl methyl sites for hydroxylation is 1. The van der Waals surface area contributed by atoms with Gasteiger partial charge in [0.1, 0.15) is 5.69 Å². The standard InChI is InChI=1S/C15H19N3O2/c1-4-11-15(20)18-12-6-5-10(7-13(12)17-11)14(9(2)3)16-8-19/h5-9,14H,4H2,1-3H3,(H,16,19)(H,18,20). The van der Waals surface area contributed by atoms with Gasteiger partial charge in [0.05, 0.1) is 17.1 Å². The van der Waals surface area contributed by atoms with E-state index in [2.05, 4.69) is 15.3 Å². The monoisotopic (exact) mass is 273 g/mol. The number of nitrogens with zero attached hydrogens (tertiary/aromatic N) is 1. The molecule has 1 atom stereocenters. The summed E-state index contributed by atoms with van der Waals surface area (Å²) in [7, 11) is 0. The predicted octanol–water partition coefficient (Wildman–Crippen LogP) is 1.93. The molecule has 0 bridgehead atoms. The molecule has 2 rings (SSSR count). The number of H-pyrrole nitrogens is 1. The minimum absolute atomic E-state index is 0.0595. The van der Waals surface area contributed by atoms with Gasteiger partial charge in [0.25, 0.3) is 5.56 Å². The van der Waals surface area contributed by atoms with Crippen molar-refractivity contribution in [2.45, 2.75) is 33.2 Å². The van der Waals surface area contributed by atoms with Crippen molar-refractivity contribution in [2.24, 2.45) is 5.92 Å². The lowest BCUT2D eigenvalue weighted by molar-refractivity contribution is -0.110. The van der Waals surface area contributed by atoms with Crippen LogP contribution in [0.4, 0.5) is 0 Å². The first kappa shape index (κ1) is 14.2. The summed E-state index contributed by atoms with van der Waals surface area (Å²) >= 11 is 0. The number of carbonyl (C=O) groups excluding carboxylic acids is 1. The van der Waals surface area contributed by atoms with Crippen molar-refractivity contribution in [1.82, 2.24) is 15.3 Å². The Kier molecular flexibility index (Phi) is 4.17. The highest BCUT2D eigenvalue weighted by atomic mass is 16.1. The zero-order valence-electron chi connectivity index (χ0n) is 11.9. The molecule has 5 heteroatoms. The molecule has 0 aliphatic rings. The Morgan fingerprint density at radius 1 is 1.40 bits per heavy atom. The molecule has 20 heavy (non-hydrogen) atoms. The lowest BCUT2D eigenvalue weighted by Crippen LogP contribution is -2.24. The molecule has 1 aromatic heterocycles. The largest absolute Gasteiger partial charge is 0.352 e. The van der Waals surface area contributed by atoms with Crippen LogP contribution in [0.3, 0.4) is 0 Å². The van der Waals surface area contributed by atoms with E-state index in [9.17, 15) is 9.59 Å². The third-order valence-electron chi connectivity index (χ3n) is 3.40. The van der Waals surface area contributed by atoms with Crippen molar-refractivity contribution in [3.8, 4) is 0 Å². The Labute approximate surface area is 117 Å². The van der Waals surface area contributed by atoms with Gasteiger partial charge in [0.2, 0.25) is 6.41 Å². The van der Waals surface area contributed by atoms with Crippen molar-refractivity contribution in [1.29, 1.82) is 0 Å². The normalized spacial score (nSPS) is 12.6. The number of carbonyl (C=O) groups is 1. The summed E-state index contributed by atoms with van der Waals surface area (Å²) in [6.45, 7) is 5.99. The Hall–Kier alpha value is -2.17. The Morgan fingerprint density at radius 2 is 2.15 bits per heavy atom. The highest BCUT2D eigenvalue weighted by molar-refractivity contribution is 5.75. The number of rotatable bonds is 5. The fourth-order valence-corrected chi connectivity index (χ4v) is 2.32. The lowest BCUT2D eigenvalue weighted by Gasteiger charge is -2.20. The van der Waals surface area contributed by atoms with E-state index in [1.54, 1.807) is 0 Å². The van der Waals surface area contributed by atoms with Gasteiger partial charge >= 0.3 is 0 Å². The maximum Gasteiger partial charge on any atom is 0.270 e. The van der Waals surface area contributed by atoms with E-state index in [0.717, 1.165) is 11.1 Å². The lowest BCUT2D eigenvalue weighted by atomic mass is 9.96. The van der Waals surface area contributed by atoms with E-state index in [-0.39, 0.29) is 17.5 Å². The molecule has 0 aliphatic heterocycles. The molecule has 1 unspecified atom stereocenters. The van der Waals surface area contributed by atoms with E-state index >= 15 is 0 Å². The maximum absolute atomic E-state index is 11.7. The molecule has 0 fully saturated rings. The van der Waals surface area contributed by atoms with Crippen molar-refractivity contribution in [3.05, 3.63) is 39.8 Å². The molecule has 106 valence electrons. The highest BCUT2D eigenvalue weighted by Gasteiger charge is 2.15. The number of benzene rings is 1. The van der Waals surface area contributed by atoms with Gasteiger partial charge in [-0.1, -0.05) is 26.8 Å². The summed E-state index contributed by atoms with van der Waals surface area (Å²) in [5.41, 5.74) is 2.83. The summed E-state index contributed by atoms with van der Waals surface area (Å²) in [4.78, 5) is 29.7. The summed E-state index contributed by atoms with van der Waals surface area (Å²) in [6.07, 6.45) is 1.31. The average molecular weight is 273 g/mol. The Balaban J connectivity index is 2.54. The average Bonchev–Trinajstić information content (AvgIpc) is 2.43. The minimum atomic E-state index is -0.140. The molecule has 1 aromatic carbocycles.